The van der Waals surface area contributed by atoms with Crippen molar-refractivity contribution in [2.45, 2.75) is 25.4 Å². The third-order valence-electron chi connectivity index (χ3n) is 5.22. The Morgan fingerprint density at radius 2 is 1.83 bits per heavy atom. The number of halogens is 1. The standard InChI is InChI=1S/C19H20FNO3/c1-23-18-3-4-19(24-2)14-10-21-6-5-11-7-15(20)17(22)9-12(11)16(21)8-13(14)18/h3-4,7,9,16,22H,5-6,8,10H2,1-2H3/t16-/m0/s1. The minimum Gasteiger partial charge on any atom is -0.505 e. The molecule has 2 aliphatic rings. The lowest BCUT2D eigenvalue weighted by molar-refractivity contribution is 0.156. The van der Waals surface area contributed by atoms with Gasteiger partial charge in [0.25, 0.3) is 0 Å². The van der Waals surface area contributed by atoms with Gasteiger partial charge in [-0.1, -0.05) is 0 Å². The Morgan fingerprint density at radius 3 is 2.54 bits per heavy atom. The van der Waals surface area contributed by atoms with Crippen molar-refractivity contribution in [2.75, 3.05) is 20.8 Å². The highest BCUT2D eigenvalue weighted by atomic mass is 19.1. The molecule has 0 aromatic heterocycles. The Balaban J connectivity index is 1.82. The van der Waals surface area contributed by atoms with E-state index in [1.807, 2.05) is 12.1 Å². The number of aromatic hydroxyl groups is 1. The van der Waals surface area contributed by atoms with E-state index in [1.165, 1.54) is 6.07 Å². The summed E-state index contributed by atoms with van der Waals surface area (Å²) < 4.78 is 24.8. The van der Waals surface area contributed by atoms with Crippen molar-refractivity contribution >= 4 is 0 Å². The fourth-order valence-electron chi connectivity index (χ4n) is 4.02. The lowest BCUT2D eigenvalue weighted by atomic mass is 9.83. The third-order valence-corrected chi connectivity index (χ3v) is 5.22. The number of hydrogen-bond acceptors (Lipinski definition) is 4. The van der Waals surface area contributed by atoms with E-state index in [4.69, 9.17) is 9.47 Å². The number of fused-ring (bicyclic) bond motifs is 4. The number of methoxy groups -OCH3 is 2. The Hall–Kier alpha value is -2.27. The van der Waals surface area contributed by atoms with Crippen molar-refractivity contribution in [1.29, 1.82) is 0 Å². The van der Waals surface area contributed by atoms with Gasteiger partial charge in [-0.05, 0) is 48.2 Å². The zero-order chi connectivity index (χ0) is 16.8. The Kier molecular flexibility index (Phi) is 3.61. The van der Waals surface area contributed by atoms with Crippen LogP contribution >= 0.6 is 0 Å². The topological polar surface area (TPSA) is 41.9 Å². The van der Waals surface area contributed by atoms with Crippen LogP contribution in [0, 0.1) is 5.82 Å². The molecule has 4 rings (SSSR count). The molecule has 0 fully saturated rings. The maximum Gasteiger partial charge on any atom is 0.165 e. The molecule has 0 radical (unpaired) electrons. The second kappa shape index (κ2) is 5.67. The first-order valence-corrected chi connectivity index (χ1v) is 8.10. The molecule has 24 heavy (non-hydrogen) atoms. The number of nitrogens with zero attached hydrogens (tertiary/aromatic N) is 1. The second-order valence-electron chi connectivity index (χ2n) is 6.37. The van der Waals surface area contributed by atoms with Crippen LogP contribution in [0.15, 0.2) is 24.3 Å². The highest BCUT2D eigenvalue weighted by Crippen LogP contribution is 2.44. The molecule has 0 aliphatic carbocycles. The van der Waals surface area contributed by atoms with Gasteiger partial charge in [-0.25, -0.2) is 4.39 Å². The number of hydrogen-bond donors (Lipinski definition) is 1. The quantitative estimate of drug-likeness (QED) is 0.919. The number of benzene rings is 2. The fraction of sp³-hybridized carbons (Fsp3) is 0.368. The van der Waals surface area contributed by atoms with E-state index < -0.39 is 5.82 Å². The van der Waals surface area contributed by atoms with Crippen molar-refractivity contribution in [3.05, 3.63) is 52.3 Å². The lowest BCUT2D eigenvalue weighted by Gasteiger charge is -2.42. The maximum absolute atomic E-state index is 13.7. The zero-order valence-corrected chi connectivity index (χ0v) is 13.8. The molecular formula is C19H20FNO3. The summed E-state index contributed by atoms with van der Waals surface area (Å²) in [6.07, 6.45) is 1.54. The van der Waals surface area contributed by atoms with Crippen LogP contribution in [-0.4, -0.2) is 30.8 Å². The van der Waals surface area contributed by atoms with Gasteiger partial charge in [0.05, 0.1) is 14.2 Å². The molecule has 126 valence electrons. The molecule has 0 amide bonds. The van der Waals surface area contributed by atoms with Crippen LogP contribution in [0.3, 0.4) is 0 Å². The Labute approximate surface area is 140 Å². The van der Waals surface area contributed by atoms with E-state index in [0.717, 1.165) is 59.7 Å². The van der Waals surface area contributed by atoms with Gasteiger partial charge in [0.1, 0.15) is 11.5 Å². The average molecular weight is 329 g/mol. The van der Waals surface area contributed by atoms with E-state index in [9.17, 15) is 9.50 Å². The van der Waals surface area contributed by atoms with Gasteiger partial charge in [-0.2, -0.15) is 0 Å². The first-order valence-electron chi connectivity index (χ1n) is 8.10. The minimum atomic E-state index is -0.544. The van der Waals surface area contributed by atoms with Gasteiger partial charge >= 0.3 is 0 Å². The number of phenolic OH excluding ortho intramolecular Hbond substituents is 1. The Bertz CT molecular complexity index is 806. The molecule has 0 bridgehead atoms. The normalized spacial score (nSPS) is 19.2. The fourth-order valence-corrected chi connectivity index (χ4v) is 4.02. The second-order valence-corrected chi connectivity index (χ2v) is 6.37. The van der Waals surface area contributed by atoms with Gasteiger partial charge in [0.15, 0.2) is 11.6 Å². The summed E-state index contributed by atoms with van der Waals surface area (Å²) in [7, 11) is 3.35. The van der Waals surface area contributed by atoms with Crippen molar-refractivity contribution in [1.82, 2.24) is 4.90 Å². The predicted octanol–water partition coefficient (Wildman–Crippen LogP) is 3.20. The van der Waals surface area contributed by atoms with Crippen LogP contribution in [-0.2, 0) is 19.4 Å². The van der Waals surface area contributed by atoms with Crippen LogP contribution in [0.2, 0.25) is 0 Å². The van der Waals surface area contributed by atoms with Gasteiger partial charge in [-0.15, -0.1) is 0 Å². The molecule has 1 atom stereocenters. The molecule has 0 unspecified atom stereocenters. The highest BCUT2D eigenvalue weighted by molar-refractivity contribution is 5.52. The van der Waals surface area contributed by atoms with Gasteiger partial charge in [0, 0.05) is 30.3 Å². The van der Waals surface area contributed by atoms with E-state index in [1.54, 1.807) is 20.3 Å². The molecule has 5 heteroatoms. The summed E-state index contributed by atoms with van der Waals surface area (Å²) in [6.45, 7) is 1.62. The van der Waals surface area contributed by atoms with Crippen molar-refractivity contribution in [3.8, 4) is 17.2 Å². The number of phenols is 1. The van der Waals surface area contributed by atoms with Crippen molar-refractivity contribution in [3.63, 3.8) is 0 Å². The molecule has 0 saturated heterocycles. The average Bonchev–Trinajstić information content (AvgIpc) is 2.60. The summed E-state index contributed by atoms with van der Waals surface area (Å²) in [5.74, 6) is 0.901. The summed E-state index contributed by atoms with van der Waals surface area (Å²) in [5.41, 5.74) is 4.28. The van der Waals surface area contributed by atoms with Gasteiger partial charge in [0.2, 0.25) is 0 Å². The van der Waals surface area contributed by atoms with Crippen molar-refractivity contribution in [2.24, 2.45) is 0 Å². The molecule has 0 spiro atoms. The Morgan fingerprint density at radius 1 is 1.12 bits per heavy atom. The molecule has 2 heterocycles. The van der Waals surface area contributed by atoms with E-state index in [2.05, 4.69) is 4.90 Å². The minimum absolute atomic E-state index is 0.119. The van der Waals surface area contributed by atoms with Crippen LogP contribution in [0.25, 0.3) is 0 Å². The van der Waals surface area contributed by atoms with Crippen LogP contribution in [0.4, 0.5) is 4.39 Å². The maximum atomic E-state index is 13.7. The predicted molar refractivity (Wildman–Crippen MR) is 88.2 cm³/mol. The summed E-state index contributed by atoms with van der Waals surface area (Å²) >= 11 is 0. The SMILES string of the molecule is COc1ccc(OC)c2c1C[C@H]1c3cc(O)c(F)cc3CCN1C2. The van der Waals surface area contributed by atoms with E-state index in [-0.39, 0.29) is 11.8 Å². The van der Waals surface area contributed by atoms with E-state index >= 15 is 0 Å². The lowest BCUT2D eigenvalue weighted by Crippen LogP contribution is -2.39. The monoisotopic (exact) mass is 329 g/mol. The molecule has 2 aromatic carbocycles. The van der Waals surface area contributed by atoms with Crippen LogP contribution in [0.5, 0.6) is 17.2 Å². The smallest absolute Gasteiger partial charge is 0.165 e. The number of rotatable bonds is 2. The van der Waals surface area contributed by atoms with Gasteiger partial charge in [-0.3, -0.25) is 4.90 Å². The van der Waals surface area contributed by atoms with Crippen LogP contribution < -0.4 is 9.47 Å². The molecule has 2 aliphatic heterocycles. The summed E-state index contributed by atoms with van der Waals surface area (Å²) in [6, 6.07) is 7.05. The molecule has 2 aromatic rings. The van der Waals surface area contributed by atoms with Gasteiger partial charge < -0.3 is 14.6 Å². The van der Waals surface area contributed by atoms with Crippen LogP contribution in [0.1, 0.15) is 28.3 Å². The first-order chi connectivity index (χ1) is 11.6. The summed E-state index contributed by atoms with van der Waals surface area (Å²) in [4.78, 5) is 2.37. The molecule has 0 saturated carbocycles. The molecule has 1 N–H and O–H groups in total. The number of ether oxygens (including phenoxy) is 2. The molecular weight excluding hydrogens is 309 g/mol. The highest BCUT2D eigenvalue weighted by Gasteiger charge is 2.35. The largest absolute Gasteiger partial charge is 0.505 e. The third kappa shape index (κ3) is 2.23. The van der Waals surface area contributed by atoms with Crippen molar-refractivity contribution < 1.29 is 19.0 Å². The molecule has 4 nitrogen and oxygen atoms in total. The zero-order valence-electron chi connectivity index (χ0n) is 13.8. The summed E-state index contributed by atoms with van der Waals surface area (Å²) in [5, 5.41) is 9.81. The first kappa shape index (κ1) is 15.3. The van der Waals surface area contributed by atoms with E-state index in [0.29, 0.717) is 0 Å².